The van der Waals surface area contributed by atoms with Crippen LogP contribution >= 0.6 is 0 Å². The maximum Gasteiger partial charge on any atom is 0.0725 e. The van der Waals surface area contributed by atoms with Crippen molar-refractivity contribution in [3.63, 3.8) is 0 Å². The van der Waals surface area contributed by atoms with E-state index in [1.54, 1.807) is 0 Å². The lowest BCUT2D eigenvalue weighted by Gasteiger charge is -2.30. The Kier molecular flexibility index (Phi) is 7.29. The summed E-state index contributed by atoms with van der Waals surface area (Å²) in [7, 11) is 0. The number of hydrogen-bond acceptors (Lipinski definition) is 1. The van der Waals surface area contributed by atoms with E-state index in [4.69, 9.17) is 4.98 Å². The molecule has 10 aromatic carbocycles. The zero-order valence-electron chi connectivity index (χ0n) is 33.3. The van der Waals surface area contributed by atoms with Crippen LogP contribution in [0.15, 0.2) is 224 Å². The van der Waals surface area contributed by atoms with Gasteiger partial charge in [0.25, 0.3) is 0 Å². The Labute approximate surface area is 354 Å². The van der Waals surface area contributed by atoms with Gasteiger partial charge in [0, 0.05) is 11.1 Å². The second kappa shape index (κ2) is 13.1. The van der Waals surface area contributed by atoms with Crippen LogP contribution in [0.2, 0.25) is 0 Å². The van der Waals surface area contributed by atoms with Gasteiger partial charge in [0.15, 0.2) is 0 Å². The van der Waals surface area contributed by atoms with Gasteiger partial charge < -0.3 is 0 Å². The Bertz CT molecular complexity index is 3460. The van der Waals surface area contributed by atoms with E-state index in [1.165, 1.54) is 93.5 Å². The van der Waals surface area contributed by atoms with Crippen LogP contribution in [0.3, 0.4) is 0 Å². The fourth-order valence-electron chi connectivity index (χ4n) is 10.9. The van der Waals surface area contributed by atoms with Crippen molar-refractivity contribution in [2.75, 3.05) is 0 Å². The largest absolute Gasteiger partial charge is 0.248 e. The minimum absolute atomic E-state index is 0.383. The van der Waals surface area contributed by atoms with Gasteiger partial charge in [0.05, 0.1) is 16.8 Å². The summed E-state index contributed by atoms with van der Waals surface area (Å²) in [6, 6.07) is 82.9. The standard InChI is InChI=1S/C60H37N/c1-3-16-38(17-4-1)57-36-42(37-58(61-57)39-18-5-2-6-19-39)43-25-15-26-50-44-20-7-8-21-45(44)52-34-40(31-33-51(52)59(43)50)41-30-32-49-48-24-11-14-29-55(48)60(56(49)35-41)53-27-12-9-22-46(53)47-23-10-13-28-54(47)60/h1-37H. The molecule has 0 saturated heterocycles. The van der Waals surface area contributed by atoms with Crippen LogP contribution in [0.4, 0.5) is 0 Å². The third kappa shape index (κ3) is 4.86. The smallest absolute Gasteiger partial charge is 0.0725 e. The molecule has 0 aliphatic heterocycles. The van der Waals surface area contributed by atoms with Crippen molar-refractivity contribution in [2.45, 2.75) is 5.41 Å². The van der Waals surface area contributed by atoms with E-state index in [9.17, 15) is 0 Å². The molecule has 2 aliphatic rings. The van der Waals surface area contributed by atoms with Gasteiger partial charge in [0.1, 0.15) is 0 Å². The number of benzene rings is 10. The van der Waals surface area contributed by atoms with E-state index >= 15 is 0 Å². The van der Waals surface area contributed by atoms with E-state index in [2.05, 4.69) is 224 Å². The number of fused-ring (bicyclic) bond motifs is 16. The minimum atomic E-state index is -0.383. The van der Waals surface area contributed by atoms with Gasteiger partial charge in [-0.25, -0.2) is 4.98 Å². The quantitative estimate of drug-likeness (QED) is 0.162. The summed E-state index contributed by atoms with van der Waals surface area (Å²) < 4.78 is 0. The average Bonchev–Trinajstić information content (AvgIpc) is 3.81. The lowest BCUT2D eigenvalue weighted by Crippen LogP contribution is -2.25. The SMILES string of the molecule is c1ccc(-c2cc(-c3cccc4c5ccccc5c5cc(-c6ccc7c(c6)C6(c8ccccc8-c8ccccc86)c6ccccc6-7)ccc5c34)cc(-c3ccccc3)n2)cc1. The molecule has 1 heteroatoms. The summed E-state index contributed by atoms with van der Waals surface area (Å²) in [4.78, 5) is 5.23. The number of pyridine rings is 1. The summed E-state index contributed by atoms with van der Waals surface area (Å²) in [5.41, 5.74) is 19.3. The normalized spacial score (nSPS) is 13.0. The monoisotopic (exact) mass is 771 g/mol. The van der Waals surface area contributed by atoms with Crippen molar-refractivity contribution >= 4 is 32.3 Å². The second-order valence-electron chi connectivity index (χ2n) is 16.5. The molecule has 1 nitrogen and oxygen atoms in total. The van der Waals surface area contributed by atoms with Crippen LogP contribution in [0.1, 0.15) is 22.3 Å². The topological polar surface area (TPSA) is 12.9 Å². The molecular formula is C60H37N. The molecule has 2 aliphatic carbocycles. The minimum Gasteiger partial charge on any atom is -0.248 e. The molecule has 0 fully saturated rings. The molecule has 0 saturated carbocycles. The van der Waals surface area contributed by atoms with Crippen LogP contribution in [0, 0.1) is 0 Å². The summed E-state index contributed by atoms with van der Waals surface area (Å²) in [5, 5.41) is 7.53. The predicted molar refractivity (Wildman–Crippen MR) is 255 cm³/mol. The molecule has 0 atom stereocenters. The molecule has 0 unspecified atom stereocenters. The van der Waals surface area contributed by atoms with Gasteiger partial charge in [-0.2, -0.15) is 0 Å². The van der Waals surface area contributed by atoms with E-state index in [0.717, 1.165) is 28.1 Å². The molecule has 1 aromatic heterocycles. The highest BCUT2D eigenvalue weighted by molar-refractivity contribution is 6.29. The van der Waals surface area contributed by atoms with E-state index in [-0.39, 0.29) is 5.41 Å². The van der Waals surface area contributed by atoms with Gasteiger partial charge in [-0.15, -0.1) is 0 Å². The predicted octanol–water partition coefficient (Wildman–Crippen LogP) is 15.6. The van der Waals surface area contributed by atoms with Gasteiger partial charge in [0.2, 0.25) is 0 Å². The maximum absolute atomic E-state index is 5.23. The summed E-state index contributed by atoms with van der Waals surface area (Å²) in [6.07, 6.45) is 0. The summed E-state index contributed by atoms with van der Waals surface area (Å²) in [6.45, 7) is 0. The zero-order valence-corrected chi connectivity index (χ0v) is 33.3. The van der Waals surface area contributed by atoms with Crippen molar-refractivity contribution in [1.82, 2.24) is 4.98 Å². The number of nitrogens with zero attached hydrogens (tertiary/aromatic N) is 1. The molecule has 0 N–H and O–H groups in total. The van der Waals surface area contributed by atoms with E-state index in [0.29, 0.717) is 0 Å². The van der Waals surface area contributed by atoms with Crippen LogP contribution in [-0.2, 0) is 5.41 Å². The molecule has 1 spiro atoms. The highest BCUT2D eigenvalue weighted by Gasteiger charge is 2.51. The molecule has 0 radical (unpaired) electrons. The van der Waals surface area contributed by atoms with Gasteiger partial charge in [-0.3, -0.25) is 0 Å². The second-order valence-corrected chi connectivity index (χ2v) is 16.5. The Morgan fingerprint density at radius 1 is 0.246 bits per heavy atom. The molecule has 11 aromatic rings. The first-order chi connectivity index (χ1) is 30.3. The Hall–Kier alpha value is -7.87. The zero-order chi connectivity index (χ0) is 40.1. The molecule has 61 heavy (non-hydrogen) atoms. The van der Waals surface area contributed by atoms with Crippen molar-refractivity contribution in [2.24, 2.45) is 0 Å². The Morgan fingerprint density at radius 3 is 1.30 bits per heavy atom. The molecule has 1 heterocycles. The summed E-state index contributed by atoms with van der Waals surface area (Å²) in [5.74, 6) is 0. The third-order valence-electron chi connectivity index (χ3n) is 13.5. The Morgan fingerprint density at radius 2 is 0.689 bits per heavy atom. The fraction of sp³-hybridized carbons (Fsp3) is 0.0167. The van der Waals surface area contributed by atoms with E-state index < -0.39 is 0 Å². The van der Waals surface area contributed by atoms with Crippen LogP contribution in [0.25, 0.3) is 99.3 Å². The van der Waals surface area contributed by atoms with Gasteiger partial charge >= 0.3 is 0 Å². The fourth-order valence-corrected chi connectivity index (χ4v) is 10.9. The summed E-state index contributed by atoms with van der Waals surface area (Å²) >= 11 is 0. The number of aromatic nitrogens is 1. The lowest BCUT2D eigenvalue weighted by molar-refractivity contribution is 0.794. The molecular weight excluding hydrogens is 735 g/mol. The first kappa shape index (κ1) is 34.0. The molecule has 0 amide bonds. The Balaban J connectivity index is 1.05. The lowest BCUT2D eigenvalue weighted by atomic mass is 9.70. The van der Waals surface area contributed by atoms with Crippen LogP contribution in [-0.4, -0.2) is 4.98 Å². The van der Waals surface area contributed by atoms with Crippen molar-refractivity contribution in [3.05, 3.63) is 247 Å². The number of hydrogen-bond donors (Lipinski definition) is 0. The van der Waals surface area contributed by atoms with E-state index in [1.807, 2.05) is 0 Å². The van der Waals surface area contributed by atoms with Crippen molar-refractivity contribution in [3.8, 4) is 67.0 Å². The number of rotatable bonds is 4. The highest BCUT2D eigenvalue weighted by Crippen LogP contribution is 2.63. The average molecular weight is 772 g/mol. The van der Waals surface area contributed by atoms with Gasteiger partial charge in [-0.05, 0) is 123 Å². The maximum atomic E-state index is 5.23. The first-order valence-corrected chi connectivity index (χ1v) is 21.2. The highest BCUT2D eigenvalue weighted by atomic mass is 14.7. The van der Waals surface area contributed by atoms with Gasteiger partial charge in [-0.1, -0.05) is 200 Å². The van der Waals surface area contributed by atoms with Crippen LogP contribution < -0.4 is 0 Å². The first-order valence-electron chi connectivity index (χ1n) is 21.2. The molecule has 13 rings (SSSR count). The molecule has 282 valence electrons. The third-order valence-corrected chi connectivity index (χ3v) is 13.5. The molecule has 0 bridgehead atoms. The van der Waals surface area contributed by atoms with Crippen molar-refractivity contribution < 1.29 is 0 Å². The van der Waals surface area contributed by atoms with Crippen molar-refractivity contribution in [1.29, 1.82) is 0 Å². The van der Waals surface area contributed by atoms with Crippen LogP contribution in [0.5, 0.6) is 0 Å².